The van der Waals surface area contributed by atoms with Gasteiger partial charge in [0.1, 0.15) is 4.88 Å². The van der Waals surface area contributed by atoms with E-state index in [4.69, 9.17) is 0 Å². The fourth-order valence-electron chi connectivity index (χ4n) is 4.29. The predicted molar refractivity (Wildman–Crippen MR) is 115 cm³/mol. The molecule has 2 aliphatic rings. The minimum atomic E-state index is -0.0322. The Balaban J connectivity index is 1.29. The fraction of sp³-hybridized carbons (Fsp3) is 0.545. The van der Waals surface area contributed by atoms with E-state index in [1.54, 1.807) is 6.20 Å². The highest BCUT2D eigenvalue weighted by Crippen LogP contribution is 2.28. The molecule has 0 unspecified atom stereocenters. The number of amides is 1. The van der Waals surface area contributed by atoms with E-state index in [0.29, 0.717) is 11.4 Å². The molecular formula is C22H30N4OS. The molecule has 2 fully saturated rings. The number of nitrogens with one attached hydrogen (secondary N) is 1. The quantitative estimate of drug-likeness (QED) is 0.831. The molecule has 0 bridgehead atoms. The maximum atomic E-state index is 12.5. The van der Waals surface area contributed by atoms with Crippen LogP contribution in [0.4, 0.5) is 5.13 Å². The number of aryl methyl sites for hydroxylation is 1. The van der Waals surface area contributed by atoms with Gasteiger partial charge in [-0.2, -0.15) is 0 Å². The molecule has 2 aliphatic heterocycles. The number of benzene rings is 1. The number of hydrogen-bond acceptors (Lipinski definition) is 5. The van der Waals surface area contributed by atoms with Gasteiger partial charge < -0.3 is 15.1 Å². The Hall–Kier alpha value is -1.92. The SMILES string of the molecule is Cc1ccccc1CNC(=O)c1cnc(N2CCC(N3CCCCC3)CC2)s1. The second kappa shape index (κ2) is 9.05. The van der Waals surface area contributed by atoms with Crippen LogP contribution >= 0.6 is 11.3 Å². The summed E-state index contributed by atoms with van der Waals surface area (Å²) in [6.45, 7) is 7.25. The maximum Gasteiger partial charge on any atom is 0.263 e. The topological polar surface area (TPSA) is 48.5 Å². The zero-order valence-electron chi connectivity index (χ0n) is 16.7. The van der Waals surface area contributed by atoms with Crippen molar-refractivity contribution in [2.75, 3.05) is 31.1 Å². The first-order valence-electron chi connectivity index (χ1n) is 10.5. The number of anilines is 1. The molecule has 150 valence electrons. The van der Waals surface area contributed by atoms with Gasteiger partial charge >= 0.3 is 0 Å². The lowest BCUT2D eigenvalue weighted by Crippen LogP contribution is -2.46. The molecule has 1 amide bonds. The van der Waals surface area contributed by atoms with Crippen molar-refractivity contribution < 1.29 is 4.79 Å². The van der Waals surface area contributed by atoms with Gasteiger partial charge in [0.05, 0.1) is 6.20 Å². The minimum absolute atomic E-state index is 0.0322. The van der Waals surface area contributed by atoms with Crippen LogP contribution in [0, 0.1) is 6.92 Å². The molecular weight excluding hydrogens is 368 g/mol. The van der Waals surface area contributed by atoms with Crippen LogP contribution in [-0.4, -0.2) is 48.0 Å². The van der Waals surface area contributed by atoms with Crippen LogP contribution in [0.1, 0.15) is 52.9 Å². The normalized spacial score (nSPS) is 19.0. The Morgan fingerprint density at radius 3 is 2.64 bits per heavy atom. The number of likely N-dealkylation sites (tertiary alicyclic amines) is 1. The highest BCUT2D eigenvalue weighted by Gasteiger charge is 2.27. The van der Waals surface area contributed by atoms with E-state index >= 15 is 0 Å². The van der Waals surface area contributed by atoms with Crippen LogP contribution in [0.5, 0.6) is 0 Å². The summed E-state index contributed by atoms with van der Waals surface area (Å²) in [7, 11) is 0. The lowest BCUT2D eigenvalue weighted by atomic mass is 10.0. The highest BCUT2D eigenvalue weighted by atomic mass is 32.1. The third kappa shape index (κ3) is 4.55. The number of carbonyl (C=O) groups is 1. The van der Waals surface area contributed by atoms with Gasteiger partial charge in [-0.1, -0.05) is 42.0 Å². The molecule has 1 aromatic heterocycles. The van der Waals surface area contributed by atoms with Crippen molar-refractivity contribution >= 4 is 22.4 Å². The van der Waals surface area contributed by atoms with Crippen LogP contribution in [-0.2, 0) is 6.54 Å². The fourth-order valence-corrected chi connectivity index (χ4v) is 5.18. The number of rotatable bonds is 5. The summed E-state index contributed by atoms with van der Waals surface area (Å²) in [6.07, 6.45) is 8.23. The zero-order chi connectivity index (χ0) is 19.3. The molecule has 6 heteroatoms. The smallest absolute Gasteiger partial charge is 0.263 e. The number of thiazole rings is 1. The van der Waals surface area contributed by atoms with Gasteiger partial charge in [0.25, 0.3) is 5.91 Å². The molecule has 1 aromatic carbocycles. The maximum absolute atomic E-state index is 12.5. The molecule has 0 spiro atoms. The lowest BCUT2D eigenvalue weighted by Gasteiger charge is -2.40. The lowest BCUT2D eigenvalue weighted by molar-refractivity contribution is 0.0954. The van der Waals surface area contributed by atoms with E-state index in [2.05, 4.69) is 39.2 Å². The third-order valence-corrected chi connectivity index (χ3v) is 7.12. The van der Waals surface area contributed by atoms with E-state index in [1.165, 1.54) is 62.1 Å². The van der Waals surface area contributed by atoms with Crippen molar-refractivity contribution in [3.63, 3.8) is 0 Å². The first-order chi connectivity index (χ1) is 13.7. The zero-order valence-corrected chi connectivity index (χ0v) is 17.5. The van der Waals surface area contributed by atoms with Crippen molar-refractivity contribution in [3.05, 3.63) is 46.5 Å². The van der Waals surface area contributed by atoms with Gasteiger partial charge in [-0.15, -0.1) is 0 Å². The summed E-state index contributed by atoms with van der Waals surface area (Å²) in [5.41, 5.74) is 2.35. The Morgan fingerprint density at radius 2 is 1.89 bits per heavy atom. The largest absolute Gasteiger partial charge is 0.348 e. The van der Waals surface area contributed by atoms with Crippen molar-refractivity contribution in [1.29, 1.82) is 0 Å². The Kier molecular flexibility index (Phi) is 6.27. The first kappa shape index (κ1) is 19.4. The second-order valence-electron chi connectivity index (χ2n) is 7.93. The van der Waals surface area contributed by atoms with E-state index in [9.17, 15) is 4.79 Å². The van der Waals surface area contributed by atoms with Crippen LogP contribution in [0.3, 0.4) is 0 Å². The van der Waals surface area contributed by atoms with Crippen LogP contribution in [0.15, 0.2) is 30.5 Å². The van der Waals surface area contributed by atoms with Gasteiger partial charge in [0.15, 0.2) is 5.13 Å². The van der Waals surface area contributed by atoms with Gasteiger partial charge in [0.2, 0.25) is 0 Å². The number of carbonyl (C=O) groups excluding carboxylic acids is 1. The van der Waals surface area contributed by atoms with Gasteiger partial charge in [-0.25, -0.2) is 4.98 Å². The predicted octanol–water partition coefficient (Wildman–Crippen LogP) is 3.84. The Bertz CT molecular complexity index is 791. The molecule has 0 aliphatic carbocycles. The number of aromatic nitrogens is 1. The van der Waals surface area contributed by atoms with Crippen molar-refractivity contribution in [2.45, 2.75) is 51.6 Å². The Labute approximate surface area is 171 Å². The molecule has 2 saturated heterocycles. The number of piperidine rings is 2. The number of nitrogens with zero attached hydrogens (tertiary/aromatic N) is 3. The van der Waals surface area contributed by atoms with E-state index in [0.717, 1.165) is 29.8 Å². The molecule has 28 heavy (non-hydrogen) atoms. The van der Waals surface area contributed by atoms with Gasteiger partial charge in [0, 0.05) is 25.7 Å². The summed E-state index contributed by atoms with van der Waals surface area (Å²) < 4.78 is 0. The summed E-state index contributed by atoms with van der Waals surface area (Å²) in [4.78, 5) is 22.8. The van der Waals surface area contributed by atoms with Gasteiger partial charge in [-0.3, -0.25) is 4.79 Å². The minimum Gasteiger partial charge on any atom is -0.348 e. The van der Waals surface area contributed by atoms with Crippen LogP contribution in [0.25, 0.3) is 0 Å². The molecule has 0 atom stereocenters. The molecule has 3 heterocycles. The molecule has 1 N–H and O–H groups in total. The van der Waals surface area contributed by atoms with Crippen LogP contribution in [0.2, 0.25) is 0 Å². The average Bonchev–Trinajstić information content (AvgIpc) is 3.24. The van der Waals surface area contributed by atoms with E-state index in [-0.39, 0.29) is 5.91 Å². The summed E-state index contributed by atoms with van der Waals surface area (Å²) in [5.74, 6) is -0.0322. The Morgan fingerprint density at radius 1 is 1.14 bits per heavy atom. The van der Waals surface area contributed by atoms with E-state index < -0.39 is 0 Å². The number of hydrogen-bond donors (Lipinski definition) is 1. The van der Waals surface area contributed by atoms with Gasteiger partial charge in [-0.05, 0) is 56.8 Å². The summed E-state index contributed by atoms with van der Waals surface area (Å²) in [5, 5.41) is 4.01. The molecule has 0 saturated carbocycles. The summed E-state index contributed by atoms with van der Waals surface area (Å²) in [6, 6.07) is 8.88. The molecule has 2 aromatic rings. The average molecular weight is 399 g/mol. The molecule has 4 rings (SSSR count). The van der Waals surface area contributed by atoms with Crippen molar-refractivity contribution in [2.24, 2.45) is 0 Å². The van der Waals surface area contributed by atoms with Crippen molar-refractivity contribution in [1.82, 2.24) is 15.2 Å². The highest BCUT2D eigenvalue weighted by molar-refractivity contribution is 7.17. The third-order valence-electron chi connectivity index (χ3n) is 6.06. The summed E-state index contributed by atoms with van der Waals surface area (Å²) >= 11 is 1.51. The standard InChI is InChI=1S/C22H30N4OS/c1-17-7-3-4-8-18(17)15-23-21(27)20-16-24-22(28-20)26-13-9-19(10-14-26)25-11-5-2-6-12-25/h3-4,7-8,16,19H,2,5-6,9-15H2,1H3,(H,23,27). The van der Waals surface area contributed by atoms with Crippen molar-refractivity contribution in [3.8, 4) is 0 Å². The molecule has 0 radical (unpaired) electrons. The molecule has 5 nitrogen and oxygen atoms in total. The first-order valence-corrected chi connectivity index (χ1v) is 11.3. The van der Waals surface area contributed by atoms with E-state index in [1.807, 2.05) is 12.1 Å². The second-order valence-corrected chi connectivity index (χ2v) is 8.94. The van der Waals surface area contributed by atoms with Crippen LogP contribution < -0.4 is 10.2 Å². The monoisotopic (exact) mass is 398 g/mol.